The van der Waals surface area contributed by atoms with E-state index < -0.39 is 0 Å². The Bertz CT molecular complexity index is 606. The smallest absolute Gasteiger partial charge is 0.216 e. The van der Waals surface area contributed by atoms with Crippen LogP contribution in [0.4, 0.5) is 11.4 Å². The van der Waals surface area contributed by atoms with Crippen LogP contribution in [-0.4, -0.2) is 12.5 Å². The van der Waals surface area contributed by atoms with Crippen LogP contribution in [0, 0.1) is 0 Å². The highest BCUT2D eigenvalue weighted by Gasteiger charge is 1.94. The number of nitrogens with one attached hydrogen (secondary N) is 2. The van der Waals surface area contributed by atoms with E-state index in [4.69, 9.17) is 0 Å². The van der Waals surface area contributed by atoms with Crippen molar-refractivity contribution in [2.24, 2.45) is 0 Å². The zero-order chi connectivity index (χ0) is 14.9. The van der Waals surface area contributed by atoms with Gasteiger partial charge in [0.05, 0.1) is 0 Å². The minimum Gasteiger partial charge on any atom is -0.356 e. The zero-order valence-corrected chi connectivity index (χ0v) is 12.2. The number of carbonyl (C=O) groups excluding carboxylic acids is 1. The van der Waals surface area contributed by atoms with Crippen LogP contribution in [0.5, 0.6) is 0 Å². The monoisotopic (exact) mass is 280 g/mol. The van der Waals surface area contributed by atoms with Gasteiger partial charge in [0.15, 0.2) is 0 Å². The van der Waals surface area contributed by atoms with E-state index in [-0.39, 0.29) is 5.91 Å². The number of benzene rings is 2. The third-order valence-corrected chi connectivity index (χ3v) is 2.94. The van der Waals surface area contributed by atoms with Crippen LogP contribution in [0.25, 0.3) is 6.08 Å². The summed E-state index contributed by atoms with van der Waals surface area (Å²) in [5.41, 5.74) is 3.27. The van der Waals surface area contributed by atoms with Crippen LogP contribution in [0.15, 0.2) is 60.7 Å². The minimum absolute atomic E-state index is 0.0115. The average molecular weight is 280 g/mol. The van der Waals surface area contributed by atoms with E-state index in [0.29, 0.717) is 6.54 Å². The van der Waals surface area contributed by atoms with E-state index in [1.807, 2.05) is 42.5 Å². The van der Waals surface area contributed by atoms with Crippen molar-refractivity contribution < 1.29 is 4.79 Å². The van der Waals surface area contributed by atoms with E-state index in [9.17, 15) is 4.79 Å². The molecular formula is C18H20N2O. The molecule has 0 bridgehead atoms. The van der Waals surface area contributed by atoms with Gasteiger partial charge in [-0.15, -0.1) is 0 Å². The normalized spacial score (nSPS) is 10.5. The lowest BCUT2D eigenvalue weighted by Gasteiger charge is -2.06. The van der Waals surface area contributed by atoms with Crippen molar-refractivity contribution in [2.75, 3.05) is 11.9 Å². The number of hydrogen-bond acceptors (Lipinski definition) is 2. The number of hydrogen-bond donors (Lipinski definition) is 2. The SMILES string of the molecule is CC(=O)NCCC=Cc1cccc(Nc2ccccc2)c1. The van der Waals surface area contributed by atoms with Gasteiger partial charge >= 0.3 is 0 Å². The van der Waals surface area contributed by atoms with Crippen molar-refractivity contribution in [2.45, 2.75) is 13.3 Å². The summed E-state index contributed by atoms with van der Waals surface area (Å²) in [4.78, 5) is 10.8. The van der Waals surface area contributed by atoms with E-state index in [1.165, 1.54) is 6.92 Å². The Hall–Kier alpha value is -2.55. The zero-order valence-electron chi connectivity index (χ0n) is 12.2. The van der Waals surface area contributed by atoms with Gasteiger partial charge in [0, 0.05) is 24.8 Å². The first-order valence-corrected chi connectivity index (χ1v) is 7.07. The summed E-state index contributed by atoms with van der Waals surface area (Å²) in [6, 6.07) is 18.3. The summed E-state index contributed by atoms with van der Waals surface area (Å²) < 4.78 is 0. The van der Waals surface area contributed by atoms with Crippen molar-refractivity contribution in [3.63, 3.8) is 0 Å². The second kappa shape index (κ2) is 7.90. The molecule has 0 atom stereocenters. The number of para-hydroxylation sites is 1. The number of carbonyl (C=O) groups is 1. The van der Waals surface area contributed by atoms with E-state index >= 15 is 0 Å². The van der Waals surface area contributed by atoms with Crippen LogP contribution in [0.2, 0.25) is 0 Å². The Morgan fingerprint density at radius 3 is 2.57 bits per heavy atom. The summed E-state index contributed by atoms with van der Waals surface area (Å²) in [5.74, 6) is 0.0115. The third-order valence-electron chi connectivity index (χ3n) is 2.94. The quantitative estimate of drug-likeness (QED) is 0.786. The Balaban J connectivity index is 1.91. The summed E-state index contributed by atoms with van der Waals surface area (Å²) in [7, 11) is 0. The van der Waals surface area contributed by atoms with Gasteiger partial charge in [0.25, 0.3) is 0 Å². The van der Waals surface area contributed by atoms with Crippen molar-refractivity contribution in [1.29, 1.82) is 0 Å². The third kappa shape index (κ3) is 5.53. The molecule has 2 aromatic carbocycles. The van der Waals surface area contributed by atoms with E-state index in [0.717, 1.165) is 23.4 Å². The first-order valence-electron chi connectivity index (χ1n) is 7.07. The van der Waals surface area contributed by atoms with E-state index in [1.54, 1.807) is 0 Å². The molecule has 0 aromatic heterocycles. The standard InChI is InChI=1S/C18H20N2O/c1-15(21)19-13-6-5-8-16-9-7-12-18(14-16)20-17-10-3-2-4-11-17/h2-5,7-12,14,20H,6,13H2,1H3,(H,19,21). The summed E-state index contributed by atoms with van der Waals surface area (Å²) in [6.45, 7) is 2.20. The van der Waals surface area contributed by atoms with Gasteiger partial charge in [-0.1, -0.05) is 42.5 Å². The second-order valence-corrected chi connectivity index (χ2v) is 4.79. The highest BCUT2D eigenvalue weighted by molar-refractivity contribution is 5.72. The first kappa shape index (κ1) is 14.9. The molecule has 0 fully saturated rings. The van der Waals surface area contributed by atoms with Gasteiger partial charge in [-0.25, -0.2) is 0 Å². The van der Waals surface area contributed by atoms with Crippen molar-refractivity contribution in [3.05, 3.63) is 66.2 Å². The molecule has 0 spiro atoms. The molecule has 108 valence electrons. The van der Waals surface area contributed by atoms with Crippen LogP contribution in [0.1, 0.15) is 18.9 Å². The molecule has 2 aromatic rings. The highest BCUT2D eigenvalue weighted by atomic mass is 16.1. The highest BCUT2D eigenvalue weighted by Crippen LogP contribution is 2.18. The molecule has 0 aliphatic carbocycles. The molecule has 2 N–H and O–H groups in total. The van der Waals surface area contributed by atoms with Crippen LogP contribution in [0.3, 0.4) is 0 Å². The largest absolute Gasteiger partial charge is 0.356 e. The predicted octanol–water partition coefficient (Wildman–Crippen LogP) is 3.97. The minimum atomic E-state index is 0.0115. The number of amides is 1. The van der Waals surface area contributed by atoms with Gasteiger partial charge in [0.2, 0.25) is 5.91 Å². The molecule has 0 aliphatic rings. The lowest BCUT2D eigenvalue weighted by molar-refractivity contribution is -0.118. The Labute approximate surface area is 125 Å². The fourth-order valence-corrected chi connectivity index (χ4v) is 1.96. The van der Waals surface area contributed by atoms with Gasteiger partial charge in [0.1, 0.15) is 0 Å². The molecule has 0 heterocycles. The average Bonchev–Trinajstić information content (AvgIpc) is 2.48. The molecule has 0 radical (unpaired) electrons. The van der Waals surface area contributed by atoms with Gasteiger partial charge in [-0.2, -0.15) is 0 Å². The maximum absolute atomic E-state index is 10.8. The Morgan fingerprint density at radius 1 is 1.05 bits per heavy atom. The summed E-state index contributed by atoms with van der Waals surface area (Å²) in [5, 5.41) is 6.14. The van der Waals surface area contributed by atoms with Crippen LogP contribution < -0.4 is 10.6 Å². The first-order chi connectivity index (χ1) is 10.2. The molecule has 0 aliphatic heterocycles. The van der Waals surface area contributed by atoms with Crippen molar-refractivity contribution in [1.82, 2.24) is 5.32 Å². The maximum atomic E-state index is 10.8. The lowest BCUT2D eigenvalue weighted by atomic mass is 10.1. The van der Waals surface area contributed by atoms with Gasteiger partial charge in [-0.3, -0.25) is 4.79 Å². The summed E-state index contributed by atoms with van der Waals surface area (Å²) in [6.07, 6.45) is 4.96. The molecular weight excluding hydrogens is 260 g/mol. The Morgan fingerprint density at radius 2 is 1.81 bits per heavy atom. The second-order valence-electron chi connectivity index (χ2n) is 4.79. The Kier molecular flexibility index (Phi) is 5.59. The predicted molar refractivity (Wildman–Crippen MR) is 88.5 cm³/mol. The lowest BCUT2D eigenvalue weighted by Crippen LogP contribution is -2.20. The van der Waals surface area contributed by atoms with Crippen LogP contribution in [-0.2, 0) is 4.79 Å². The fourth-order valence-electron chi connectivity index (χ4n) is 1.96. The topological polar surface area (TPSA) is 41.1 Å². The van der Waals surface area contributed by atoms with Gasteiger partial charge < -0.3 is 10.6 Å². The summed E-state index contributed by atoms with van der Waals surface area (Å²) >= 11 is 0. The van der Waals surface area contributed by atoms with E-state index in [2.05, 4.69) is 34.9 Å². The fraction of sp³-hybridized carbons (Fsp3) is 0.167. The van der Waals surface area contributed by atoms with Gasteiger partial charge in [-0.05, 0) is 36.2 Å². The molecule has 1 amide bonds. The van der Waals surface area contributed by atoms with Crippen molar-refractivity contribution >= 4 is 23.4 Å². The number of anilines is 2. The molecule has 0 saturated heterocycles. The molecule has 3 nitrogen and oxygen atoms in total. The maximum Gasteiger partial charge on any atom is 0.216 e. The number of rotatable bonds is 6. The molecule has 0 saturated carbocycles. The molecule has 21 heavy (non-hydrogen) atoms. The molecule has 2 rings (SSSR count). The van der Waals surface area contributed by atoms with Crippen molar-refractivity contribution in [3.8, 4) is 0 Å². The molecule has 0 unspecified atom stereocenters. The van der Waals surface area contributed by atoms with Crippen LogP contribution >= 0.6 is 0 Å². The molecule has 3 heteroatoms.